The van der Waals surface area contributed by atoms with E-state index in [1.807, 2.05) is 61.5 Å². The molecule has 0 aliphatic rings. The molecule has 0 aliphatic carbocycles. The van der Waals surface area contributed by atoms with Gasteiger partial charge in [0.15, 0.2) is 0 Å². The van der Waals surface area contributed by atoms with Crippen LogP contribution in [0.1, 0.15) is 40.7 Å². The molecular formula is C22H23N3O2S. The highest BCUT2D eigenvalue weighted by molar-refractivity contribution is 7.17. The molecule has 144 valence electrons. The zero-order chi connectivity index (χ0) is 19.8. The number of benzene rings is 2. The summed E-state index contributed by atoms with van der Waals surface area (Å²) in [5.41, 5.74) is 5.11. The molecule has 6 heteroatoms. The largest absolute Gasteiger partial charge is 0.493 e. The van der Waals surface area contributed by atoms with Gasteiger partial charge in [-0.05, 0) is 25.5 Å². The Morgan fingerprint density at radius 3 is 2.71 bits per heavy atom. The number of para-hydroxylation sites is 1. The highest BCUT2D eigenvalue weighted by Gasteiger charge is 2.15. The van der Waals surface area contributed by atoms with E-state index in [-0.39, 0.29) is 5.91 Å². The number of hydrazone groups is 1. The molecule has 1 heterocycles. The van der Waals surface area contributed by atoms with E-state index in [0.29, 0.717) is 17.2 Å². The van der Waals surface area contributed by atoms with Gasteiger partial charge in [-0.25, -0.2) is 10.4 Å². The molecule has 0 unspecified atom stereocenters. The van der Waals surface area contributed by atoms with Gasteiger partial charge in [-0.3, -0.25) is 4.79 Å². The van der Waals surface area contributed by atoms with Crippen molar-refractivity contribution in [1.82, 2.24) is 10.4 Å². The maximum Gasteiger partial charge on any atom is 0.283 e. The molecule has 28 heavy (non-hydrogen) atoms. The Bertz CT molecular complexity index is 951. The molecule has 0 saturated carbocycles. The summed E-state index contributed by atoms with van der Waals surface area (Å²) in [7, 11) is 0. The van der Waals surface area contributed by atoms with Crippen LogP contribution in [-0.2, 0) is 0 Å². The number of rotatable bonds is 8. The second-order valence-corrected chi connectivity index (χ2v) is 7.24. The van der Waals surface area contributed by atoms with Crippen molar-refractivity contribution in [3.8, 4) is 16.3 Å². The number of nitrogens with zero attached hydrogens (tertiary/aromatic N) is 2. The van der Waals surface area contributed by atoms with Crippen molar-refractivity contribution >= 4 is 23.5 Å². The summed E-state index contributed by atoms with van der Waals surface area (Å²) in [6.45, 7) is 4.62. The van der Waals surface area contributed by atoms with E-state index in [4.69, 9.17) is 4.74 Å². The molecule has 0 bridgehead atoms. The molecule has 3 rings (SSSR count). The summed E-state index contributed by atoms with van der Waals surface area (Å²) in [4.78, 5) is 17.6. The van der Waals surface area contributed by atoms with Crippen molar-refractivity contribution in [2.45, 2.75) is 26.7 Å². The van der Waals surface area contributed by atoms with Crippen LogP contribution in [0.2, 0.25) is 0 Å². The van der Waals surface area contributed by atoms with Gasteiger partial charge in [-0.15, -0.1) is 11.3 Å². The first-order chi connectivity index (χ1) is 13.7. The molecule has 3 aromatic rings. The van der Waals surface area contributed by atoms with Gasteiger partial charge in [0.1, 0.15) is 15.6 Å². The number of carbonyl (C=O) groups is 1. The van der Waals surface area contributed by atoms with E-state index in [9.17, 15) is 4.79 Å². The first-order valence-corrected chi connectivity index (χ1v) is 10.1. The average molecular weight is 394 g/mol. The highest BCUT2D eigenvalue weighted by atomic mass is 32.1. The van der Waals surface area contributed by atoms with Crippen molar-refractivity contribution in [2.75, 3.05) is 6.61 Å². The fourth-order valence-corrected chi connectivity index (χ4v) is 3.53. The monoisotopic (exact) mass is 393 g/mol. The number of thiazole rings is 1. The Morgan fingerprint density at radius 2 is 1.93 bits per heavy atom. The molecule has 0 aliphatic heterocycles. The van der Waals surface area contributed by atoms with Crippen LogP contribution in [-0.4, -0.2) is 23.7 Å². The topological polar surface area (TPSA) is 63.6 Å². The molecule has 1 N–H and O–H groups in total. The molecule has 0 atom stereocenters. The smallest absolute Gasteiger partial charge is 0.283 e. The van der Waals surface area contributed by atoms with Gasteiger partial charge < -0.3 is 4.74 Å². The molecule has 1 amide bonds. The molecule has 0 spiro atoms. The lowest BCUT2D eigenvalue weighted by Gasteiger charge is -2.07. The summed E-state index contributed by atoms with van der Waals surface area (Å²) in [6.07, 6.45) is 3.68. The summed E-state index contributed by atoms with van der Waals surface area (Å²) in [6, 6.07) is 17.5. The average Bonchev–Trinajstić information content (AvgIpc) is 3.12. The second-order valence-electron chi connectivity index (χ2n) is 6.24. The zero-order valence-electron chi connectivity index (χ0n) is 16.0. The van der Waals surface area contributed by atoms with Crippen LogP contribution in [0.5, 0.6) is 5.75 Å². The number of unbranched alkanes of at least 4 members (excludes halogenated alkanes) is 1. The number of hydrogen-bond donors (Lipinski definition) is 1. The van der Waals surface area contributed by atoms with E-state index >= 15 is 0 Å². The number of nitrogens with one attached hydrogen (secondary N) is 1. The van der Waals surface area contributed by atoms with E-state index in [0.717, 1.165) is 34.7 Å². The summed E-state index contributed by atoms with van der Waals surface area (Å²) in [5, 5.41) is 4.93. The molecule has 2 aromatic carbocycles. The summed E-state index contributed by atoms with van der Waals surface area (Å²) < 4.78 is 5.78. The Kier molecular flexibility index (Phi) is 6.92. The Balaban J connectivity index is 1.67. The maximum absolute atomic E-state index is 12.5. The molecular weight excluding hydrogens is 370 g/mol. The van der Waals surface area contributed by atoms with Gasteiger partial charge in [0.05, 0.1) is 18.5 Å². The maximum atomic E-state index is 12.5. The third-order valence-electron chi connectivity index (χ3n) is 4.07. The Morgan fingerprint density at radius 1 is 1.18 bits per heavy atom. The van der Waals surface area contributed by atoms with Crippen molar-refractivity contribution in [3.63, 3.8) is 0 Å². The van der Waals surface area contributed by atoms with Crippen molar-refractivity contribution < 1.29 is 9.53 Å². The summed E-state index contributed by atoms with van der Waals surface area (Å²) in [5.74, 6) is 0.493. The van der Waals surface area contributed by atoms with E-state index in [1.165, 1.54) is 11.3 Å². The minimum atomic E-state index is -0.266. The molecule has 0 fully saturated rings. The van der Waals surface area contributed by atoms with Crippen LogP contribution in [0.15, 0.2) is 59.7 Å². The molecule has 0 radical (unpaired) electrons. The van der Waals surface area contributed by atoms with Gasteiger partial charge in [0, 0.05) is 11.1 Å². The number of carbonyl (C=O) groups excluding carboxylic acids is 1. The SMILES string of the molecule is CCCCOc1ccccc1/C=N/NC(=O)c1sc(-c2ccccc2)nc1C. The predicted molar refractivity (Wildman–Crippen MR) is 114 cm³/mol. The van der Waals surface area contributed by atoms with Gasteiger partial charge in [0.25, 0.3) is 5.91 Å². The fraction of sp³-hybridized carbons (Fsp3) is 0.227. The van der Waals surface area contributed by atoms with Gasteiger partial charge >= 0.3 is 0 Å². The lowest BCUT2D eigenvalue weighted by atomic mass is 10.2. The Hall–Kier alpha value is -2.99. The first kappa shape index (κ1) is 19.8. The van der Waals surface area contributed by atoms with E-state index in [2.05, 4.69) is 22.4 Å². The highest BCUT2D eigenvalue weighted by Crippen LogP contribution is 2.27. The fourth-order valence-electron chi connectivity index (χ4n) is 2.57. The van der Waals surface area contributed by atoms with Crippen molar-refractivity contribution in [3.05, 3.63) is 70.7 Å². The van der Waals surface area contributed by atoms with Crippen LogP contribution in [0.3, 0.4) is 0 Å². The molecule has 5 nitrogen and oxygen atoms in total. The minimum absolute atomic E-state index is 0.266. The van der Waals surface area contributed by atoms with Gasteiger partial charge in [-0.1, -0.05) is 55.8 Å². The number of aryl methyl sites for hydroxylation is 1. The lowest BCUT2D eigenvalue weighted by molar-refractivity contribution is 0.0958. The van der Waals surface area contributed by atoms with Crippen LogP contribution in [0.4, 0.5) is 0 Å². The van der Waals surface area contributed by atoms with Gasteiger partial charge in [-0.2, -0.15) is 5.10 Å². The van der Waals surface area contributed by atoms with Crippen molar-refractivity contribution in [1.29, 1.82) is 0 Å². The predicted octanol–water partition coefficient (Wildman–Crippen LogP) is 5.06. The molecule has 0 saturated heterocycles. The van der Waals surface area contributed by atoms with Crippen LogP contribution < -0.4 is 10.2 Å². The zero-order valence-corrected chi connectivity index (χ0v) is 16.8. The number of hydrogen-bond acceptors (Lipinski definition) is 5. The number of amides is 1. The number of aromatic nitrogens is 1. The third kappa shape index (κ3) is 5.04. The quantitative estimate of drug-likeness (QED) is 0.330. The van der Waals surface area contributed by atoms with Crippen molar-refractivity contribution in [2.24, 2.45) is 5.10 Å². The van der Waals surface area contributed by atoms with Gasteiger partial charge in [0.2, 0.25) is 0 Å². The lowest BCUT2D eigenvalue weighted by Crippen LogP contribution is -2.17. The normalized spacial score (nSPS) is 10.9. The minimum Gasteiger partial charge on any atom is -0.493 e. The van der Waals surface area contributed by atoms with E-state index < -0.39 is 0 Å². The summed E-state index contributed by atoms with van der Waals surface area (Å²) >= 11 is 1.36. The second kappa shape index (κ2) is 9.80. The van der Waals surface area contributed by atoms with Crippen LogP contribution in [0.25, 0.3) is 10.6 Å². The Labute approximate surface area is 169 Å². The first-order valence-electron chi connectivity index (χ1n) is 9.27. The third-order valence-corrected chi connectivity index (χ3v) is 5.27. The standard InChI is InChI=1S/C22H23N3O2S/c1-3-4-14-27-19-13-9-8-12-18(19)15-23-25-21(26)20-16(2)24-22(28-20)17-10-6-5-7-11-17/h5-13,15H,3-4,14H2,1-2H3,(H,25,26)/b23-15+. The van der Waals surface area contributed by atoms with E-state index in [1.54, 1.807) is 6.21 Å². The molecule has 1 aromatic heterocycles. The number of ether oxygens (including phenoxy) is 1. The van der Waals surface area contributed by atoms with Crippen LogP contribution in [0, 0.1) is 6.92 Å². The van der Waals surface area contributed by atoms with Crippen LogP contribution >= 0.6 is 11.3 Å².